The van der Waals surface area contributed by atoms with Gasteiger partial charge < -0.3 is 15.2 Å². The molecule has 17 heavy (non-hydrogen) atoms. The standard InChI is InChI=1S/C11H20N2O4/c1-2-3-4-12-10(14)8-13-5-6-17-9(7-13)11(15)16/h9H,2-8H2,1H3,(H,12,14)(H,15,16). The van der Waals surface area contributed by atoms with Crippen molar-refractivity contribution in [2.24, 2.45) is 0 Å². The summed E-state index contributed by atoms with van der Waals surface area (Å²) in [6.07, 6.45) is 1.19. The molecular formula is C11H20N2O4. The first kappa shape index (κ1) is 13.9. The van der Waals surface area contributed by atoms with Crippen LogP contribution in [0.1, 0.15) is 19.8 Å². The van der Waals surface area contributed by atoms with Crippen LogP contribution >= 0.6 is 0 Å². The molecule has 1 heterocycles. The Morgan fingerprint density at radius 1 is 1.53 bits per heavy atom. The zero-order valence-electron chi connectivity index (χ0n) is 10.1. The maximum Gasteiger partial charge on any atom is 0.334 e. The van der Waals surface area contributed by atoms with Crippen molar-refractivity contribution in [3.63, 3.8) is 0 Å². The molecular weight excluding hydrogens is 224 g/mol. The Balaban J connectivity index is 2.26. The minimum atomic E-state index is -0.971. The van der Waals surface area contributed by atoms with Crippen molar-refractivity contribution >= 4 is 11.9 Å². The van der Waals surface area contributed by atoms with Gasteiger partial charge in [-0.25, -0.2) is 4.79 Å². The third-order valence-corrected chi connectivity index (χ3v) is 2.65. The summed E-state index contributed by atoms with van der Waals surface area (Å²) in [6.45, 7) is 4.23. The van der Waals surface area contributed by atoms with Crippen molar-refractivity contribution in [2.75, 3.05) is 32.8 Å². The summed E-state index contributed by atoms with van der Waals surface area (Å²) >= 11 is 0. The summed E-state index contributed by atoms with van der Waals surface area (Å²) in [5, 5.41) is 11.6. The van der Waals surface area contributed by atoms with E-state index in [-0.39, 0.29) is 19.0 Å². The predicted octanol–water partition coefficient (Wildman–Crippen LogP) is -0.312. The van der Waals surface area contributed by atoms with Crippen molar-refractivity contribution in [1.82, 2.24) is 10.2 Å². The highest BCUT2D eigenvalue weighted by Gasteiger charge is 2.26. The molecule has 0 aliphatic carbocycles. The second-order valence-corrected chi connectivity index (χ2v) is 4.14. The van der Waals surface area contributed by atoms with Crippen LogP contribution in [0.5, 0.6) is 0 Å². The molecule has 6 heteroatoms. The minimum absolute atomic E-state index is 0.0514. The molecule has 0 spiro atoms. The van der Waals surface area contributed by atoms with E-state index in [9.17, 15) is 9.59 Å². The van der Waals surface area contributed by atoms with E-state index < -0.39 is 12.1 Å². The van der Waals surface area contributed by atoms with Gasteiger partial charge >= 0.3 is 5.97 Å². The van der Waals surface area contributed by atoms with Gasteiger partial charge in [0.2, 0.25) is 5.91 Å². The Labute approximate surface area is 101 Å². The van der Waals surface area contributed by atoms with E-state index in [4.69, 9.17) is 9.84 Å². The topological polar surface area (TPSA) is 78.9 Å². The van der Waals surface area contributed by atoms with Crippen LogP contribution in [-0.2, 0) is 14.3 Å². The molecule has 6 nitrogen and oxygen atoms in total. The van der Waals surface area contributed by atoms with Gasteiger partial charge in [0.15, 0.2) is 6.10 Å². The van der Waals surface area contributed by atoms with Crippen LogP contribution < -0.4 is 5.32 Å². The average molecular weight is 244 g/mol. The molecule has 0 radical (unpaired) electrons. The quantitative estimate of drug-likeness (QED) is 0.626. The summed E-state index contributed by atoms with van der Waals surface area (Å²) < 4.78 is 5.08. The number of morpholine rings is 1. The highest BCUT2D eigenvalue weighted by molar-refractivity contribution is 5.78. The number of amides is 1. The molecule has 0 aromatic rings. The molecule has 2 N–H and O–H groups in total. The number of carboxylic acids is 1. The zero-order chi connectivity index (χ0) is 12.7. The fourth-order valence-electron chi connectivity index (χ4n) is 1.66. The maximum atomic E-state index is 11.5. The van der Waals surface area contributed by atoms with E-state index in [0.29, 0.717) is 19.7 Å². The van der Waals surface area contributed by atoms with Gasteiger partial charge in [0.05, 0.1) is 13.2 Å². The number of nitrogens with one attached hydrogen (secondary N) is 1. The van der Waals surface area contributed by atoms with Gasteiger partial charge in [0.25, 0.3) is 0 Å². The Morgan fingerprint density at radius 3 is 2.94 bits per heavy atom. The van der Waals surface area contributed by atoms with Gasteiger partial charge in [-0.15, -0.1) is 0 Å². The number of carboxylic acid groups (broad SMARTS) is 1. The number of carbonyl (C=O) groups excluding carboxylic acids is 1. The lowest BCUT2D eigenvalue weighted by molar-refractivity contribution is -0.156. The predicted molar refractivity (Wildman–Crippen MR) is 61.7 cm³/mol. The molecule has 1 saturated heterocycles. The second-order valence-electron chi connectivity index (χ2n) is 4.14. The molecule has 0 bridgehead atoms. The average Bonchev–Trinajstić information content (AvgIpc) is 2.29. The summed E-state index contributed by atoms with van der Waals surface area (Å²) in [5.41, 5.74) is 0. The highest BCUT2D eigenvalue weighted by Crippen LogP contribution is 2.04. The molecule has 0 aromatic heterocycles. The number of hydrogen-bond acceptors (Lipinski definition) is 4. The monoisotopic (exact) mass is 244 g/mol. The molecule has 0 aromatic carbocycles. The molecule has 0 saturated carbocycles. The van der Waals surface area contributed by atoms with E-state index in [1.165, 1.54) is 0 Å². The van der Waals surface area contributed by atoms with Crippen LogP contribution in [0, 0.1) is 0 Å². The maximum absolute atomic E-state index is 11.5. The number of ether oxygens (including phenoxy) is 1. The lowest BCUT2D eigenvalue weighted by Gasteiger charge is -2.30. The molecule has 1 fully saturated rings. The number of hydrogen-bond donors (Lipinski definition) is 2. The Kier molecular flexibility index (Phi) is 5.93. The molecule has 1 aliphatic rings. The van der Waals surface area contributed by atoms with Crippen molar-refractivity contribution in [3.05, 3.63) is 0 Å². The van der Waals surface area contributed by atoms with Crippen LogP contribution in [0.15, 0.2) is 0 Å². The molecule has 1 unspecified atom stereocenters. The fraction of sp³-hybridized carbons (Fsp3) is 0.818. The summed E-state index contributed by atoms with van der Waals surface area (Å²) in [7, 11) is 0. The van der Waals surface area contributed by atoms with Crippen molar-refractivity contribution < 1.29 is 19.4 Å². The number of unbranched alkanes of at least 4 members (excludes halogenated alkanes) is 1. The zero-order valence-corrected chi connectivity index (χ0v) is 10.1. The summed E-state index contributed by atoms with van der Waals surface area (Å²) in [6, 6.07) is 0. The van der Waals surface area contributed by atoms with Crippen molar-refractivity contribution in [3.8, 4) is 0 Å². The van der Waals surface area contributed by atoms with Crippen molar-refractivity contribution in [2.45, 2.75) is 25.9 Å². The van der Waals surface area contributed by atoms with Crippen LogP contribution in [0.4, 0.5) is 0 Å². The first-order valence-electron chi connectivity index (χ1n) is 5.97. The van der Waals surface area contributed by atoms with Gasteiger partial charge in [-0.2, -0.15) is 0 Å². The fourth-order valence-corrected chi connectivity index (χ4v) is 1.66. The van der Waals surface area contributed by atoms with Crippen LogP contribution in [0.2, 0.25) is 0 Å². The third kappa shape index (κ3) is 5.14. The first-order chi connectivity index (χ1) is 8.13. The van der Waals surface area contributed by atoms with Crippen LogP contribution in [-0.4, -0.2) is 60.8 Å². The van der Waals surface area contributed by atoms with E-state index in [1.807, 2.05) is 4.90 Å². The van der Waals surface area contributed by atoms with Gasteiger partial charge in [0, 0.05) is 19.6 Å². The minimum Gasteiger partial charge on any atom is -0.479 e. The molecule has 1 atom stereocenters. The van der Waals surface area contributed by atoms with Gasteiger partial charge in [-0.3, -0.25) is 9.69 Å². The summed E-state index contributed by atoms with van der Waals surface area (Å²) in [4.78, 5) is 24.1. The lowest BCUT2D eigenvalue weighted by Crippen LogP contribution is -2.49. The normalized spacial score (nSPS) is 21.1. The SMILES string of the molecule is CCCCNC(=O)CN1CCOC(C(=O)O)C1. The molecule has 1 rings (SSSR count). The van der Waals surface area contributed by atoms with Crippen molar-refractivity contribution in [1.29, 1.82) is 0 Å². The van der Waals surface area contributed by atoms with Gasteiger partial charge in [-0.1, -0.05) is 13.3 Å². The number of nitrogens with zero attached hydrogens (tertiary/aromatic N) is 1. The largest absolute Gasteiger partial charge is 0.479 e. The van der Waals surface area contributed by atoms with Gasteiger partial charge in [-0.05, 0) is 6.42 Å². The highest BCUT2D eigenvalue weighted by atomic mass is 16.5. The van der Waals surface area contributed by atoms with Gasteiger partial charge in [0.1, 0.15) is 0 Å². The van der Waals surface area contributed by atoms with E-state index in [1.54, 1.807) is 0 Å². The first-order valence-corrected chi connectivity index (χ1v) is 5.97. The Hall–Kier alpha value is -1.14. The van der Waals surface area contributed by atoms with E-state index in [2.05, 4.69) is 12.2 Å². The van der Waals surface area contributed by atoms with E-state index >= 15 is 0 Å². The van der Waals surface area contributed by atoms with E-state index in [0.717, 1.165) is 12.8 Å². The number of rotatable bonds is 6. The number of carbonyl (C=O) groups is 2. The third-order valence-electron chi connectivity index (χ3n) is 2.65. The Bertz CT molecular complexity index is 270. The van der Waals surface area contributed by atoms with Crippen LogP contribution in [0.25, 0.3) is 0 Å². The van der Waals surface area contributed by atoms with Crippen LogP contribution in [0.3, 0.4) is 0 Å². The second kappa shape index (κ2) is 7.24. The molecule has 1 aliphatic heterocycles. The molecule has 1 amide bonds. The number of aliphatic carboxylic acids is 1. The summed E-state index contributed by atoms with van der Waals surface area (Å²) in [5.74, 6) is -1.02. The molecule has 98 valence electrons. The lowest BCUT2D eigenvalue weighted by atomic mass is 10.2. The smallest absolute Gasteiger partial charge is 0.334 e. The Morgan fingerprint density at radius 2 is 2.29 bits per heavy atom.